The molecular formula is C16H16FN5. The summed E-state index contributed by atoms with van der Waals surface area (Å²) >= 11 is 0. The predicted octanol–water partition coefficient (Wildman–Crippen LogP) is 2.70. The summed E-state index contributed by atoms with van der Waals surface area (Å²) in [6, 6.07) is 6.82. The number of aryl methyl sites for hydroxylation is 1. The van der Waals surface area contributed by atoms with Crippen LogP contribution in [0.4, 0.5) is 10.2 Å². The van der Waals surface area contributed by atoms with Crippen LogP contribution in [0, 0.1) is 12.7 Å². The number of halogens is 1. The first-order valence-electron chi connectivity index (χ1n) is 7.36. The lowest BCUT2D eigenvalue weighted by atomic mass is 10.1. The van der Waals surface area contributed by atoms with Crippen molar-refractivity contribution in [3.63, 3.8) is 0 Å². The van der Waals surface area contributed by atoms with Crippen LogP contribution in [0.3, 0.4) is 0 Å². The zero-order chi connectivity index (χ0) is 15.3. The van der Waals surface area contributed by atoms with Crippen LogP contribution in [0.15, 0.2) is 30.6 Å². The van der Waals surface area contributed by atoms with Crippen molar-refractivity contribution in [2.24, 2.45) is 0 Å². The number of anilines is 1. The van der Waals surface area contributed by atoms with Crippen LogP contribution in [0.5, 0.6) is 0 Å². The SMILES string of the molecule is Cc1nc2ncnn2c2c1CCN2[C@@H](C)c1ccc(F)cc1. The Balaban J connectivity index is 1.82. The summed E-state index contributed by atoms with van der Waals surface area (Å²) in [6.07, 6.45) is 2.47. The number of hydrogen-bond donors (Lipinski definition) is 0. The highest BCUT2D eigenvalue weighted by atomic mass is 19.1. The van der Waals surface area contributed by atoms with Crippen LogP contribution < -0.4 is 4.90 Å². The molecule has 0 bridgehead atoms. The molecule has 0 amide bonds. The van der Waals surface area contributed by atoms with E-state index in [0.717, 1.165) is 30.0 Å². The highest BCUT2D eigenvalue weighted by molar-refractivity contribution is 5.59. The minimum absolute atomic E-state index is 0.135. The molecule has 112 valence electrons. The predicted molar refractivity (Wildman–Crippen MR) is 81.4 cm³/mol. The minimum atomic E-state index is -0.212. The maximum Gasteiger partial charge on any atom is 0.254 e. The molecule has 0 aliphatic carbocycles. The Bertz CT molecular complexity index is 840. The van der Waals surface area contributed by atoms with Crippen LogP contribution in [0.1, 0.15) is 29.8 Å². The lowest BCUT2D eigenvalue weighted by Gasteiger charge is -2.27. The summed E-state index contributed by atoms with van der Waals surface area (Å²) in [5.74, 6) is 1.46. The van der Waals surface area contributed by atoms with E-state index in [9.17, 15) is 4.39 Å². The summed E-state index contributed by atoms with van der Waals surface area (Å²) in [5, 5.41) is 4.31. The van der Waals surface area contributed by atoms with E-state index >= 15 is 0 Å². The molecule has 1 aliphatic heterocycles. The molecule has 1 aliphatic rings. The van der Waals surface area contributed by atoms with E-state index in [-0.39, 0.29) is 11.9 Å². The summed E-state index contributed by atoms with van der Waals surface area (Å²) < 4.78 is 14.9. The largest absolute Gasteiger partial charge is 0.349 e. The lowest BCUT2D eigenvalue weighted by Crippen LogP contribution is -2.26. The monoisotopic (exact) mass is 297 g/mol. The minimum Gasteiger partial charge on any atom is -0.349 e. The highest BCUT2D eigenvalue weighted by Crippen LogP contribution is 2.35. The summed E-state index contributed by atoms with van der Waals surface area (Å²) in [5.41, 5.74) is 3.30. The molecule has 1 atom stereocenters. The molecule has 5 nitrogen and oxygen atoms in total. The molecule has 0 saturated heterocycles. The van der Waals surface area contributed by atoms with Gasteiger partial charge in [0.15, 0.2) is 0 Å². The average Bonchev–Trinajstić information content (AvgIpc) is 3.13. The maximum absolute atomic E-state index is 13.1. The Morgan fingerprint density at radius 2 is 2.00 bits per heavy atom. The molecular weight excluding hydrogens is 281 g/mol. The van der Waals surface area contributed by atoms with Crippen LogP contribution in [-0.2, 0) is 6.42 Å². The van der Waals surface area contributed by atoms with Gasteiger partial charge in [-0.3, -0.25) is 0 Å². The van der Waals surface area contributed by atoms with Crippen molar-refractivity contribution in [1.29, 1.82) is 0 Å². The topological polar surface area (TPSA) is 46.3 Å². The van der Waals surface area contributed by atoms with Crippen LogP contribution >= 0.6 is 0 Å². The quantitative estimate of drug-likeness (QED) is 0.729. The fourth-order valence-corrected chi connectivity index (χ4v) is 3.19. The van der Waals surface area contributed by atoms with Crippen molar-refractivity contribution in [2.45, 2.75) is 26.3 Å². The van der Waals surface area contributed by atoms with Gasteiger partial charge in [-0.2, -0.15) is 14.6 Å². The summed E-state index contributed by atoms with van der Waals surface area (Å²) in [4.78, 5) is 11.0. The van der Waals surface area contributed by atoms with Gasteiger partial charge in [0.05, 0.1) is 6.04 Å². The van der Waals surface area contributed by atoms with Crippen LogP contribution in [0.25, 0.3) is 5.78 Å². The first-order chi connectivity index (χ1) is 10.6. The van der Waals surface area contributed by atoms with Crippen molar-refractivity contribution in [3.05, 3.63) is 53.2 Å². The summed E-state index contributed by atoms with van der Waals surface area (Å²) in [7, 11) is 0. The number of aromatic nitrogens is 4. The third kappa shape index (κ3) is 1.87. The van der Waals surface area contributed by atoms with Crippen molar-refractivity contribution in [3.8, 4) is 0 Å². The van der Waals surface area contributed by atoms with Gasteiger partial charge in [0.25, 0.3) is 5.78 Å². The van der Waals surface area contributed by atoms with Crippen LogP contribution in [0.2, 0.25) is 0 Å². The molecule has 2 aromatic heterocycles. The second-order valence-corrected chi connectivity index (χ2v) is 5.64. The molecule has 1 aromatic carbocycles. The number of fused-ring (bicyclic) bond motifs is 3. The molecule has 3 heterocycles. The number of nitrogens with zero attached hydrogens (tertiary/aromatic N) is 5. The third-order valence-corrected chi connectivity index (χ3v) is 4.40. The van der Waals surface area contributed by atoms with Gasteiger partial charge in [0, 0.05) is 17.8 Å². The number of rotatable bonds is 2. The molecule has 3 aromatic rings. The second kappa shape index (κ2) is 4.76. The van der Waals surface area contributed by atoms with Crippen molar-refractivity contribution >= 4 is 11.6 Å². The fourth-order valence-electron chi connectivity index (χ4n) is 3.19. The van der Waals surface area contributed by atoms with Gasteiger partial charge in [-0.15, -0.1) is 0 Å². The van der Waals surface area contributed by atoms with E-state index in [4.69, 9.17) is 0 Å². The van der Waals surface area contributed by atoms with E-state index < -0.39 is 0 Å². The molecule has 0 spiro atoms. The lowest BCUT2D eigenvalue weighted by molar-refractivity contribution is 0.623. The van der Waals surface area contributed by atoms with Gasteiger partial charge in [0.1, 0.15) is 18.0 Å². The molecule has 0 radical (unpaired) electrons. The fraction of sp³-hybridized carbons (Fsp3) is 0.312. The van der Waals surface area contributed by atoms with E-state index in [2.05, 4.69) is 26.9 Å². The van der Waals surface area contributed by atoms with E-state index in [1.54, 1.807) is 4.52 Å². The van der Waals surface area contributed by atoms with Gasteiger partial charge >= 0.3 is 0 Å². The van der Waals surface area contributed by atoms with Gasteiger partial charge in [-0.25, -0.2) is 9.37 Å². The first-order valence-corrected chi connectivity index (χ1v) is 7.36. The molecule has 6 heteroatoms. The smallest absolute Gasteiger partial charge is 0.254 e. The van der Waals surface area contributed by atoms with E-state index in [1.807, 2.05) is 19.1 Å². The van der Waals surface area contributed by atoms with E-state index in [0.29, 0.717) is 5.78 Å². The Morgan fingerprint density at radius 3 is 2.77 bits per heavy atom. The van der Waals surface area contributed by atoms with Gasteiger partial charge in [-0.1, -0.05) is 12.1 Å². The van der Waals surface area contributed by atoms with Gasteiger partial charge in [0.2, 0.25) is 0 Å². The molecule has 0 saturated carbocycles. The molecule has 0 fully saturated rings. The second-order valence-electron chi connectivity index (χ2n) is 5.64. The third-order valence-electron chi connectivity index (χ3n) is 4.40. The Morgan fingerprint density at radius 1 is 1.23 bits per heavy atom. The van der Waals surface area contributed by atoms with Gasteiger partial charge < -0.3 is 4.90 Å². The number of hydrogen-bond acceptors (Lipinski definition) is 4. The van der Waals surface area contributed by atoms with Gasteiger partial charge in [-0.05, 0) is 38.0 Å². The molecule has 0 N–H and O–H groups in total. The molecule has 4 rings (SSSR count). The zero-order valence-electron chi connectivity index (χ0n) is 12.5. The van der Waals surface area contributed by atoms with Crippen molar-refractivity contribution in [1.82, 2.24) is 19.6 Å². The molecule has 0 unspecified atom stereocenters. The number of benzene rings is 1. The Kier molecular flexibility index (Phi) is 2.85. The average molecular weight is 297 g/mol. The standard InChI is InChI=1S/C16H16FN5/c1-10-14-7-8-21(11(2)12-3-5-13(17)6-4-12)15(14)22-16(20-10)18-9-19-22/h3-6,9,11H,7-8H2,1-2H3/t11-/m0/s1. The maximum atomic E-state index is 13.1. The zero-order valence-corrected chi connectivity index (χ0v) is 12.5. The summed E-state index contributed by atoms with van der Waals surface area (Å²) in [6.45, 7) is 5.04. The van der Waals surface area contributed by atoms with E-state index in [1.165, 1.54) is 24.0 Å². The normalized spacial score (nSPS) is 15.3. The first kappa shape index (κ1) is 13.2. The van der Waals surface area contributed by atoms with Crippen molar-refractivity contribution in [2.75, 3.05) is 11.4 Å². The Hall–Kier alpha value is -2.50. The Labute approximate surface area is 127 Å². The van der Waals surface area contributed by atoms with Crippen molar-refractivity contribution < 1.29 is 4.39 Å². The van der Waals surface area contributed by atoms with Crippen LogP contribution in [-0.4, -0.2) is 26.1 Å². The highest BCUT2D eigenvalue weighted by Gasteiger charge is 2.29. The molecule has 22 heavy (non-hydrogen) atoms.